The first-order valence-corrected chi connectivity index (χ1v) is 5.76. The number of carbonyl (C=O) groups is 1. The third kappa shape index (κ3) is 3.72. The minimum Gasteiger partial charge on any atom is -0.338 e. The fourth-order valence-corrected chi connectivity index (χ4v) is 1.52. The van der Waals surface area contributed by atoms with E-state index in [0.29, 0.717) is 23.8 Å². The maximum Gasteiger partial charge on any atom is 0.255 e. The van der Waals surface area contributed by atoms with Crippen molar-refractivity contribution in [3.8, 4) is 6.07 Å². The molecule has 0 N–H and O–H groups in total. The van der Waals surface area contributed by atoms with Gasteiger partial charge in [0.2, 0.25) is 0 Å². The van der Waals surface area contributed by atoms with E-state index in [2.05, 4.69) is 11.1 Å². The molecule has 17 heavy (non-hydrogen) atoms. The molecular formula is C12H14ClN3O. The molecule has 0 aliphatic carbocycles. The summed E-state index contributed by atoms with van der Waals surface area (Å²) in [7, 11) is 0. The second-order valence-electron chi connectivity index (χ2n) is 3.74. The number of hydrogen-bond donors (Lipinski definition) is 0. The highest BCUT2D eigenvalue weighted by Crippen LogP contribution is 2.09. The van der Waals surface area contributed by atoms with Gasteiger partial charge in [-0.2, -0.15) is 5.26 Å². The van der Waals surface area contributed by atoms with Crippen LogP contribution in [0.3, 0.4) is 0 Å². The van der Waals surface area contributed by atoms with Crippen LogP contribution in [0.15, 0.2) is 18.3 Å². The molecule has 1 atom stereocenters. The van der Waals surface area contributed by atoms with Gasteiger partial charge in [0.05, 0.1) is 17.6 Å². The first-order valence-electron chi connectivity index (χ1n) is 5.39. The lowest BCUT2D eigenvalue weighted by Gasteiger charge is -2.21. The molecule has 0 fully saturated rings. The molecule has 0 unspecified atom stereocenters. The van der Waals surface area contributed by atoms with Crippen LogP contribution in [0.25, 0.3) is 0 Å². The van der Waals surface area contributed by atoms with Crippen molar-refractivity contribution in [2.45, 2.75) is 13.8 Å². The molecule has 5 heteroatoms. The SMILES string of the molecule is CCN(C[C@H](C)C#N)C(=O)c1ccc(Cl)nc1. The summed E-state index contributed by atoms with van der Waals surface area (Å²) in [5.74, 6) is -0.307. The predicted octanol–water partition coefficient (Wildman–Crippen LogP) is 2.36. The highest BCUT2D eigenvalue weighted by Gasteiger charge is 2.16. The van der Waals surface area contributed by atoms with E-state index in [0.717, 1.165) is 0 Å². The van der Waals surface area contributed by atoms with E-state index >= 15 is 0 Å². The molecular weight excluding hydrogens is 238 g/mol. The smallest absolute Gasteiger partial charge is 0.255 e. The quantitative estimate of drug-likeness (QED) is 0.772. The zero-order chi connectivity index (χ0) is 12.8. The molecule has 0 spiro atoms. The standard InChI is InChI=1S/C12H14ClN3O/c1-3-16(8-9(2)6-14)12(17)10-4-5-11(13)15-7-10/h4-5,7,9H,3,8H2,1-2H3/t9-/m1/s1. The normalized spacial score (nSPS) is 11.6. The van der Waals surface area contributed by atoms with E-state index in [1.165, 1.54) is 6.20 Å². The Hall–Kier alpha value is -1.60. The van der Waals surface area contributed by atoms with Gasteiger partial charge >= 0.3 is 0 Å². The van der Waals surface area contributed by atoms with Crippen molar-refractivity contribution in [2.24, 2.45) is 5.92 Å². The van der Waals surface area contributed by atoms with Crippen molar-refractivity contribution in [1.29, 1.82) is 5.26 Å². The predicted molar refractivity (Wildman–Crippen MR) is 65.6 cm³/mol. The van der Waals surface area contributed by atoms with E-state index in [4.69, 9.17) is 16.9 Å². The lowest BCUT2D eigenvalue weighted by atomic mass is 10.1. The molecule has 4 nitrogen and oxygen atoms in total. The largest absolute Gasteiger partial charge is 0.338 e. The Balaban J connectivity index is 2.79. The van der Waals surface area contributed by atoms with Crippen LogP contribution in [-0.2, 0) is 0 Å². The summed E-state index contributed by atoms with van der Waals surface area (Å²) in [5.41, 5.74) is 0.487. The van der Waals surface area contributed by atoms with Gasteiger partial charge in [0.25, 0.3) is 5.91 Å². The van der Waals surface area contributed by atoms with E-state index in [9.17, 15) is 4.79 Å². The van der Waals surface area contributed by atoms with Crippen LogP contribution in [-0.4, -0.2) is 28.9 Å². The van der Waals surface area contributed by atoms with Gasteiger partial charge in [-0.05, 0) is 26.0 Å². The Morgan fingerprint density at radius 3 is 2.82 bits per heavy atom. The molecule has 1 aromatic heterocycles. The average molecular weight is 252 g/mol. The maximum atomic E-state index is 12.1. The number of rotatable bonds is 4. The number of amides is 1. The van der Waals surface area contributed by atoms with Gasteiger partial charge in [-0.25, -0.2) is 4.98 Å². The molecule has 0 saturated heterocycles. The summed E-state index contributed by atoms with van der Waals surface area (Å²) in [6.07, 6.45) is 1.45. The second-order valence-corrected chi connectivity index (χ2v) is 4.13. The van der Waals surface area contributed by atoms with Gasteiger partial charge in [-0.15, -0.1) is 0 Å². The van der Waals surface area contributed by atoms with E-state index in [1.807, 2.05) is 6.92 Å². The summed E-state index contributed by atoms with van der Waals surface area (Å²) >= 11 is 5.66. The molecule has 0 aromatic carbocycles. The Labute approximate surface area is 106 Å². The van der Waals surface area contributed by atoms with Gasteiger partial charge in [0.1, 0.15) is 5.15 Å². The van der Waals surface area contributed by atoms with Crippen molar-refractivity contribution in [3.63, 3.8) is 0 Å². The third-order valence-electron chi connectivity index (χ3n) is 2.36. The molecule has 1 heterocycles. The minimum absolute atomic E-state index is 0.126. The van der Waals surface area contributed by atoms with Gasteiger partial charge in [0, 0.05) is 19.3 Å². The van der Waals surface area contributed by atoms with E-state index < -0.39 is 0 Å². The van der Waals surface area contributed by atoms with Gasteiger partial charge in [-0.1, -0.05) is 11.6 Å². The van der Waals surface area contributed by atoms with Crippen LogP contribution < -0.4 is 0 Å². The van der Waals surface area contributed by atoms with Crippen molar-refractivity contribution < 1.29 is 4.79 Å². The third-order valence-corrected chi connectivity index (χ3v) is 2.58. The lowest BCUT2D eigenvalue weighted by molar-refractivity contribution is 0.0752. The van der Waals surface area contributed by atoms with Crippen LogP contribution in [0.2, 0.25) is 5.15 Å². The zero-order valence-corrected chi connectivity index (χ0v) is 10.6. The molecule has 0 aliphatic rings. The van der Waals surface area contributed by atoms with Crippen molar-refractivity contribution in [2.75, 3.05) is 13.1 Å². The summed E-state index contributed by atoms with van der Waals surface area (Å²) < 4.78 is 0. The number of nitriles is 1. The Kier molecular flexibility index (Phi) is 4.92. The molecule has 1 amide bonds. The molecule has 90 valence electrons. The van der Waals surface area contributed by atoms with Crippen LogP contribution in [0.5, 0.6) is 0 Å². The lowest BCUT2D eigenvalue weighted by Crippen LogP contribution is -2.34. The van der Waals surface area contributed by atoms with Crippen LogP contribution in [0.4, 0.5) is 0 Å². The summed E-state index contributed by atoms with van der Waals surface area (Å²) in [6, 6.07) is 5.33. The Bertz CT molecular complexity index is 424. The van der Waals surface area contributed by atoms with Gasteiger partial charge in [0.15, 0.2) is 0 Å². The maximum absolute atomic E-state index is 12.1. The number of pyridine rings is 1. The van der Waals surface area contributed by atoms with Crippen LogP contribution in [0.1, 0.15) is 24.2 Å². The molecule has 1 rings (SSSR count). The first-order chi connectivity index (χ1) is 8.08. The second kappa shape index (κ2) is 6.21. The highest BCUT2D eigenvalue weighted by molar-refractivity contribution is 6.29. The Morgan fingerprint density at radius 2 is 2.35 bits per heavy atom. The first kappa shape index (κ1) is 13.5. The monoisotopic (exact) mass is 251 g/mol. The van der Waals surface area contributed by atoms with Crippen molar-refractivity contribution in [1.82, 2.24) is 9.88 Å². The summed E-state index contributed by atoms with van der Waals surface area (Å²) in [4.78, 5) is 17.6. The molecule has 0 radical (unpaired) electrons. The van der Waals surface area contributed by atoms with E-state index in [-0.39, 0.29) is 11.8 Å². The summed E-state index contributed by atoms with van der Waals surface area (Å²) in [5, 5.41) is 9.11. The molecule has 0 bridgehead atoms. The fourth-order valence-electron chi connectivity index (χ4n) is 1.41. The van der Waals surface area contributed by atoms with Crippen LogP contribution >= 0.6 is 11.6 Å². The minimum atomic E-state index is -0.181. The summed E-state index contributed by atoms with van der Waals surface area (Å²) in [6.45, 7) is 4.66. The van der Waals surface area contributed by atoms with E-state index in [1.54, 1.807) is 24.0 Å². The number of aromatic nitrogens is 1. The van der Waals surface area contributed by atoms with Gasteiger partial charge < -0.3 is 4.90 Å². The van der Waals surface area contributed by atoms with Crippen molar-refractivity contribution in [3.05, 3.63) is 29.0 Å². The number of nitrogens with zero attached hydrogens (tertiary/aromatic N) is 3. The number of hydrogen-bond acceptors (Lipinski definition) is 3. The topological polar surface area (TPSA) is 57.0 Å². The fraction of sp³-hybridized carbons (Fsp3) is 0.417. The highest BCUT2D eigenvalue weighted by atomic mass is 35.5. The number of halogens is 1. The Morgan fingerprint density at radius 1 is 1.65 bits per heavy atom. The van der Waals surface area contributed by atoms with Gasteiger partial charge in [-0.3, -0.25) is 4.79 Å². The zero-order valence-electron chi connectivity index (χ0n) is 9.85. The molecule has 0 aliphatic heterocycles. The van der Waals surface area contributed by atoms with Crippen LogP contribution in [0, 0.1) is 17.2 Å². The number of carbonyl (C=O) groups excluding carboxylic acids is 1. The molecule has 1 aromatic rings. The average Bonchev–Trinajstić information content (AvgIpc) is 2.35. The van der Waals surface area contributed by atoms with Crippen molar-refractivity contribution >= 4 is 17.5 Å². The molecule has 0 saturated carbocycles.